The van der Waals surface area contributed by atoms with Gasteiger partial charge < -0.3 is 9.26 Å². The lowest BCUT2D eigenvalue weighted by Gasteiger charge is -2.05. The molecule has 4 nitrogen and oxygen atoms in total. The number of carbonyl (C=O) groups is 1. The van der Waals surface area contributed by atoms with Crippen molar-refractivity contribution in [3.8, 4) is 0 Å². The molecule has 7 heteroatoms. The number of alkyl halides is 3. The van der Waals surface area contributed by atoms with Crippen molar-refractivity contribution in [2.45, 2.75) is 13.1 Å². The molecule has 0 aliphatic carbocycles. The first-order valence-electron chi connectivity index (χ1n) is 5.07. The number of hydrogen-bond donors (Lipinski definition) is 0. The fourth-order valence-corrected chi connectivity index (χ4v) is 1.46. The molecule has 18 heavy (non-hydrogen) atoms. The first-order valence-corrected chi connectivity index (χ1v) is 5.07. The van der Waals surface area contributed by atoms with E-state index in [2.05, 4.69) is 5.16 Å². The Morgan fingerprint density at radius 1 is 1.44 bits per heavy atom. The maximum Gasteiger partial charge on any atom is 0.416 e. The van der Waals surface area contributed by atoms with Gasteiger partial charge in [0.15, 0.2) is 0 Å². The number of nitrogens with zero attached hydrogens (tertiary/aromatic N) is 1. The van der Waals surface area contributed by atoms with Gasteiger partial charge in [-0.05, 0) is 25.1 Å². The number of benzene rings is 1. The third-order valence-corrected chi connectivity index (χ3v) is 2.27. The second-order valence-electron chi connectivity index (χ2n) is 3.46. The SMILES string of the molecule is CCOC(=O)c1onc2cc(C(F)(F)F)ccc12. The summed E-state index contributed by atoms with van der Waals surface area (Å²) in [5.41, 5.74) is -0.883. The molecular weight excluding hydrogens is 251 g/mol. The van der Waals surface area contributed by atoms with Crippen LogP contribution in [-0.4, -0.2) is 17.7 Å². The lowest BCUT2D eigenvalue weighted by molar-refractivity contribution is -0.137. The molecule has 0 amide bonds. The minimum atomic E-state index is -4.46. The van der Waals surface area contributed by atoms with Gasteiger partial charge in [-0.15, -0.1) is 0 Å². The lowest BCUT2D eigenvalue weighted by atomic mass is 10.1. The van der Waals surface area contributed by atoms with Crippen molar-refractivity contribution in [1.29, 1.82) is 0 Å². The van der Waals surface area contributed by atoms with E-state index < -0.39 is 17.7 Å². The van der Waals surface area contributed by atoms with Gasteiger partial charge in [-0.2, -0.15) is 13.2 Å². The molecule has 96 valence electrons. The van der Waals surface area contributed by atoms with Gasteiger partial charge >= 0.3 is 12.1 Å². The summed E-state index contributed by atoms with van der Waals surface area (Å²) in [6, 6.07) is 2.82. The number of carbonyl (C=O) groups excluding carboxylic acids is 1. The Morgan fingerprint density at radius 3 is 2.78 bits per heavy atom. The fourth-order valence-electron chi connectivity index (χ4n) is 1.46. The highest BCUT2D eigenvalue weighted by molar-refractivity contribution is 6.00. The number of hydrogen-bond acceptors (Lipinski definition) is 4. The van der Waals surface area contributed by atoms with Crippen LogP contribution in [0.15, 0.2) is 22.7 Å². The summed E-state index contributed by atoms with van der Waals surface area (Å²) in [5.74, 6) is -0.944. The number of fused-ring (bicyclic) bond motifs is 1. The van der Waals surface area contributed by atoms with E-state index in [1.807, 2.05) is 0 Å². The highest BCUT2D eigenvalue weighted by Crippen LogP contribution is 2.32. The molecule has 0 bridgehead atoms. The van der Waals surface area contributed by atoms with Crippen molar-refractivity contribution >= 4 is 16.9 Å². The number of esters is 1. The monoisotopic (exact) mass is 259 g/mol. The Hall–Kier alpha value is -2.05. The standard InChI is InChI=1S/C11H8F3NO3/c1-2-17-10(16)9-7-4-3-6(11(12,13)14)5-8(7)15-18-9/h3-5H,2H2,1H3. The van der Waals surface area contributed by atoms with Crippen LogP contribution in [0.1, 0.15) is 23.0 Å². The van der Waals surface area contributed by atoms with Gasteiger partial charge in [-0.25, -0.2) is 4.79 Å². The molecule has 0 atom stereocenters. The second kappa shape index (κ2) is 4.32. The van der Waals surface area contributed by atoms with Gasteiger partial charge in [-0.3, -0.25) is 0 Å². The van der Waals surface area contributed by atoms with Crippen LogP contribution in [0.2, 0.25) is 0 Å². The van der Waals surface area contributed by atoms with Crippen LogP contribution in [0, 0.1) is 0 Å². The first-order chi connectivity index (χ1) is 8.43. The van der Waals surface area contributed by atoms with Gasteiger partial charge in [0.2, 0.25) is 0 Å². The van der Waals surface area contributed by atoms with Crippen LogP contribution in [-0.2, 0) is 10.9 Å². The molecule has 0 saturated carbocycles. The van der Waals surface area contributed by atoms with Gasteiger partial charge in [0.05, 0.1) is 17.6 Å². The average molecular weight is 259 g/mol. The molecule has 0 spiro atoms. The predicted molar refractivity (Wildman–Crippen MR) is 55.0 cm³/mol. The van der Waals surface area contributed by atoms with Crippen LogP contribution >= 0.6 is 0 Å². The van der Waals surface area contributed by atoms with E-state index in [0.717, 1.165) is 18.2 Å². The molecule has 2 aromatic rings. The van der Waals surface area contributed by atoms with Crippen LogP contribution in [0.5, 0.6) is 0 Å². The van der Waals surface area contributed by atoms with Crippen molar-refractivity contribution in [2.24, 2.45) is 0 Å². The molecule has 0 radical (unpaired) electrons. The highest BCUT2D eigenvalue weighted by atomic mass is 19.4. The van der Waals surface area contributed by atoms with E-state index in [4.69, 9.17) is 9.26 Å². The Kier molecular flexibility index (Phi) is 2.98. The first kappa shape index (κ1) is 12.4. The smallest absolute Gasteiger partial charge is 0.416 e. The zero-order valence-corrected chi connectivity index (χ0v) is 9.25. The van der Waals surface area contributed by atoms with Gasteiger partial charge in [-0.1, -0.05) is 5.16 Å². The molecular formula is C11H8F3NO3. The molecule has 0 aliphatic rings. The third kappa shape index (κ3) is 2.15. The van der Waals surface area contributed by atoms with E-state index in [1.165, 1.54) is 0 Å². The largest absolute Gasteiger partial charge is 0.460 e. The summed E-state index contributed by atoms with van der Waals surface area (Å²) < 4.78 is 46.8. The lowest BCUT2D eigenvalue weighted by Crippen LogP contribution is -2.05. The molecule has 0 N–H and O–H groups in total. The number of rotatable bonds is 2. The van der Waals surface area contributed by atoms with Crippen LogP contribution in [0.4, 0.5) is 13.2 Å². The highest BCUT2D eigenvalue weighted by Gasteiger charge is 2.31. The number of ether oxygens (including phenoxy) is 1. The zero-order valence-electron chi connectivity index (χ0n) is 9.25. The predicted octanol–water partition coefficient (Wildman–Crippen LogP) is 3.02. The quantitative estimate of drug-likeness (QED) is 0.778. The van der Waals surface area contributed by atoms with Crippen molar-refractivity contribution in [3.63, 3.8) is 0 Å². The maximum atomic E-state index is 12.5. The molecule has 2 rings (SSSR count). The minimum Gasteiger partial charge on any atom is -0.460 e. The topological polar surface area (TPSA) is 52.3 Å². The van der Waals surface area contributed by atoms with Gasteiger partial charge in [0.25, 0.3) is 5.76 Å². The van der Waals surface area contributed by atoms with Crippen molar-refractivity contribution in [2.75, 3.05) is 6.61 Å². The van der Waals surface area contributed by atoms with Crippen LogP contribution < -0.4 is 0 Å². The second-order valence-corrected chi connectivity index (χ2v) is 3.46. The van der Waals surface area contributed by atoms with E-state index in [-0.39, 0.29) is 23.3 Å². The molecule has 1 aromatic heterocycles. The Labute approximate surface area is 99.3 Å². The van der Waals surface area contributed by atoms with Crippen molar-refractivity contribution in [1.82, 2.24) is 5.16 Å². The van der Waals surface area contributed by atoms with Crippen molar-refractivity contribution in [3.05, 3.63) is 29.5 Å². The summed E-state index contributed by atoms with van der Waals surface area (Å²) in [5, 5.41) is 3.62. The minimum absolute atomic E-state index is 0.0344. The van der Waals surface area contributed by atoms with Crippen LogP contribution in [0.25, 0.3) is 10.9 Å². The van der Waals surface area contributed by atoms with Crippen molar-refractivity contribution < 1.29 is 27.2 Å². The Morgan fingerprint density at radius 2 is 2.17 bits per heavy atom. The summed E-state index contributed by atoms with van der Waals surface area (Å²) >= 11 is 0. The molecule has 0 fully saturated rings. The maximum absolute atomic E-state index is 12.5. The molecule has 1 aromatic carbocycles. The van der Waals surface area contributed by atoms with Gasteiger partial charge in [0, 0.05) is 0 Å². The summed E-state index contributed by atoms with van der Waals surface area (Å²) in [6.45, 7) is 1.75. The average Bonchev–Trinajstić information content (AvgIpc) is 2.70. The fraction of sp³-hybridized carbons (Fsp3) is 0.273. The summed E-state index contributed by atoms with van der Waals surface area (Å²) in [4.78, 5) is 11.4. The molecule has 0 saturated heterocycles. The molecule has 0 unspecified atom stereocenters. The zero-order chi connectivity index (χ0) is 13.3. The normalized spacial score (nSPS) is 11.8. The van der Waals surface area contributed by atoms with Crippen LogP contribution in [0.3, 0.4) is 0 Å². The third-order valence-electron chi connectivity index (χ3n) is 2.27. The number of halogens is 3. The summed E-state index contributed by atoms with van der Waals surface area (Å²) in [7, 11) is 0. The van der Waals surface area contributed by atoms with E-state index in [0.29, 0.717) is 0 Å². The Bertz CT molecular complexity index is 589. The van der Waals surface area contributed by atoms with E-state index in [9.17, 15) is 18.0 Å². The van der Waals surface area contributed by atoms with E-state index >= 15 is 0 Å². The van der Waals surface area contributed by atoms with Gasteiger partial charge in [0.1, 0.15) is 5.52 Å². The summed E-state index contributed by atoms with van der Waals surface area (Å²) in [6.07, 6.45) is -4.46. The number of aromatic nitrogens is 1. The molecule has 0 aliphatic heterocycles. The molecule has 1 heterocycles. The van der Waals surface area contributed by atoms with E-state index in [1.54, 1.807) is 6.92 Å². The Balaban J connectivity index is 2.47.